The summed E-state index contributed by atoms with van der Waals surface area (Å²) in [6, 6.07) is 15.0. The van der Waals surface area contributed by atoms with Gasteiger partial charge in [-0.2, -0.15) is 5.10 Å². The number of imidazole rings is 1. The van der Waals surface area contributed by atoms with Crippen molar-refractivity contribution in [3.8, 4) is 0 Å². The number of hydrogen-bond donors (Lipinski definition) is 1. The third-order valence-corrected chi connectivity index (χ3v) is 4.63. The lowest BCUT2D eigenvalue weighted by Crippen LogP contribution is -2.29. The van der Waals surface area contributed by atoms with Crippen LogP contribution in [0.25, 0.3) is 11.0 Å². The van der Waals surface area contributed by atoms with Crippen molar-refractivity contribution in [1.82, 2.24) is 23.9 Å². The molecule has 8 nitrogen and oxygen atoms in total. The van der Waals surface area contributed by atoms with Gasteiger partial charge >= 0.3 is 5.69 Å². The summed E-state index contributed by atoms with van der Waals surface area (Å²) in [5.41, 5.74) is 2.99. The molecule has 0 saturated heterocycles. The lowest BCUT2D eigenvalue weighted by molar-refractivity contribution is -0.116. The highest BCUT2D eigenvalue weighted by Crippen LogP contribution is 2.17. The zero-order valence-electron chi connectivity index (χ0n) is 15.4. The Bertz CT molecular complexity index is 1170. The van der Waals surface area contributed by atoms with Crippen molar-refractivity contribution in [3.05, 3.63) is 77.2 Å². The van der Waals surface area contributed by atoms with Gasteiger partial charge in [-0.15, -0.1) is 0 Å². The molecule has 2 heterocycles. The van der Waals surface area contributed by atoms with E-state index in [2.05, 4.69) is 15.4 Å². The van der Waals surface area contributed by atoms with E-state index in [9.17, 15) is 9.59 Å². The van der Waals surface area contributed by atoms with Crippen LogP contribution < -0.4 is 11.0 Å². The number of aromatic nitrogens is 5. The third kappa shape index (κ3) is 3.32. The van der Waals surface area contributed by atoms with Gasteiger partial charge in [-0.25, -0.2) is 14.5 Å². The number of amides is 1. The van der Waals surface area contributed by atoms with Crippen LogP contribution in [0, 0.1) is 0 Å². The molecule has 0 aliphatic heterocycles. The fourth-order valence-corrected chi connectivity index (χ4v) is 3.33. The Hall–Kier alpha value is -3.68. The van der Waals surface area contributed by atoms with Gasteiger partial charge in [-0.05, 0) is 30.7 Å². The highest BCUT2D eigenvalue weighted by Gasteiger charge is 2.15. The molecule has 4 aromatic rings. The van der Waals surface area contributed by atoms with Crippen LogP contribution in [-0.4, -0.2) is 29.8 Å². The van der Waals surface area contributed by atoms with Crippen LogP contribution in [0.15, 0.2) is 66.0 Å². The Morgan fingerprint density at radius 3 is 2.46 bits per heavy atom. The van der Waals surface area contributed by atoms with E-state index in [-0.39, 0.29) is 18.1 Å². The minimum Gasteiger partial charge on any atom is -0.324 e. The van der Waals surface area contributed by atoms with Crippen LogP contribution in [0.2, 0.25) is 0 Å². The SMILES string of the molecule is CCn1c(=O)n(CC(=O)Nc2ccccc2Cn2cncn2)c2ccccc21. The molecule has 142 valence electrons. The quantitative estimate of drug-likeness (QED) is 0.558. The molecule has 28 heavy (non-hydrogen) atoms. The summed E-state index contributed by atoms with van der Waals surface area (Å²) in [7, 11) is 0. The molecule has 8 heteroatoms. The molecule has 2 aromatic carbocycles. The van der Waals surface area contributed by atoms with Gasteiger partial charge in [0.15, 0.2) is 0 Å². The van der Waals surface area contributed by atoms with Crippen LogP contribution in [0.3, 0.4) is 0 Å². The van der Waals surface area contributed by atoms with E-state index in [1.54, 1.807) is 15.6 Å². The summed E-state index contributed by atoms with van der Waals surface area (Å²) in [4.78, 5) is 29.4. The van der Waals surface area contributed by atoms with Gasteiger partial charge in [0.05, 0.1) is 17.6 Å². The smallest absolute Gasteiger partial charge is 0.324 e. The lowest BCUT2D eigenvalue weighted by Gasteiger charge is -2.11. The summed E-state index contributed by atoms with van der Waals surface area (Å²) in [5, 5.41) is 7.02. The Morgan fingerprint density at radius 1 is 1.04 bits per heavy atom. The first-order valence-corrected chi connectivity index (χ1v) is 9.05. The fraction of sp³-hybridized carbons (Fsp3) is 0.200. The minimum atomic E-state index is -0.257. The Morgan fingerprint density at radius 2 is 1.75 bits per heavy atom. The van der Waals surface area contributed by atoms with Crippen LogP contribution >= 0.6 is 0 Å². The van der Waals surface area contributed by atoms with Gasteiger partial charge in [-0.1, -0.05) is 30.3 Å². The normalized spacial score (nSPS) is 11.0. The Kier molecular flexibility index (Phi) is 4.76. The van der Waals surface area contributed by atoms with Gasteiger partial charge < -0.3 is 5.32 Å². The number of para-hydroxylation sites is 3. The third-order valence-electron chi connectivity index (χ3n) is 4.63. The number of fused-ring (bicyclic) bond motifs is 1. The molecular weight excluding hydrogens is 356 g/mol. The maximum Gasteiger partial charge on any atom is 0.329 e. The van der Waals surface area contributed by atoms with Crippen molar-refractivity contribution in [1.29, 1.82) is 0 Å². The summed E-state index contributed by atoms with van der Waals surface area (Å²) in [5.74, 6) is -0.257. The number of carbonyl (C=O) groups excluding carboxylic acids is 1. The number of hydrogen-bond acceptors (Lipinski definition) is 4. The lowest BCUT2D eigenvalue weighted by atomic mass is 10.1. The molecule has 1 N–H and O–H groups in total. The van der Waals surface area contributed by atoms with Gasteiger partial charge in [0.1, 0.15) is 19.2 Å². The molecule has 0 unspecified atom stereocenters. The molecule has 0 saturated carbocycles. The first kappa shape index (κ1) is 17.7. The molecule has 4 rings (SSSR count). The van der Waals surface area contributed by atoms with E-state index < -0.39 is 0 Å². The van der Waals surface area contributed by atoms with Crippen molar-refractivity contribution in [2.45, 2.75) is 26.6 Å². The van der Waals surface area contributed by atoms with Crippen molar-refractivity contribution < 1.29 is 4.79 Å². The Labute approximate surface area is 161 Å². The monoisotopic (exact) mass is 376 g/mol. The molecule has 2 aromatic heterocycles. The first-order chi connectivity index (χ1) is 13.7. The number of benzene rings is 2. The summed E-state index contributed by atoms with van der Waals surface area (Å²) in [6.07, 6.45) is 3.09. The average Bonchev–Trinajstić information content (AvgIpc) is 3.30. The number of rotatable bonds is 6. The van der Waals surface area contributed by atoms with Gasteiger partial charge in [0.25, 0.3) is 0 Å². The van der Waals surface area contributed by atoms with Crippen LogP contribution in [-0.2, 0) is 24.4 Å². The molecule has 0 bridgehead atoms. The minimum absolute atomic E-state index is 0.0516. The van der Waals surface area contributed by atoms with E-state index in [0.29, 0.717) is 18.8 Å². The molecular formula is C20H20N6O2. The number of nitrogens with one attached hydrogen (secondary N) is 1. The molecule has 1 amide bonds. The molecule has 0 atom stereocenters. The number of anilines is 1. The van der Waals surface area contributed by atoms with E-state index in [0.717, 1.165) is 16.6 Å². The molecule has 0 fully saturated rings. The summed E-state index contributed by atoms with van der Waals surface area (Å²) in [6.45, 7) is 2.91. The van der Waals surface area contributed by atoms with Crippen LogP contribution in [0.5, 0.6) is 0 Å². The largest absolute Gasteiger partial charge is 0.329 e. The topological polar surface area (TPSA) is 86.7 Å². The van der Waals surface area contributed by atoms with E-state index in [1.807, 2.05) is 55.5 Å². The number of carbonyl (C=O) groups is 1. The van der Waals surface area contributed by atoms with Crippen molar-refractivity contribution in [2.24, 2.45) is 0 Å². The summed E-state index contributed by atoms with van der Waals surface area (Å²) < 4.78 is 4.86. The van der Waals surface area contributed by atoms with Gasteiger partial charge in [0, 0.05) is 12.2 Å². The van der Waals surface area contributed by atoms with E-state index in [1.165, 1.54) is 10.9 Å². The zero-order chi connectivity index (χ0) is 19.5. The van der Waals surface area contributed by atoms with Crippen molar-refractivity contribution in [2.75, 3.05) is 5.32 Å². The van der Waals surface area contributed by atoms with E-state index in [4.69, 9.17) is 0 Å². The standard InChI is InChI=1S/C20H20N6O2/c1-2-25-17-9-5-6-10-18(17)26(20(25)28)12-19(27)23-16-8-4-3-7-15(16)11-24-14-21-13-22-24/h3-10,13-14H,2,11-12H2,1H3,(H,23,27). The van der Waals surface area contributed by atoms with Crippen molar-refractivity contribution >= 4 is 22.6 Å². The molecule has 0 aliphatic carbocycles. The highest BCUT2D eigenvalue weighted by molar-refractivity contribution is 5.92. The maximum absolute atomic E-state index is 12.7. The molecule has 0 aliphatic rings. The predicted octanol–water partition coefficient (Wildman–Crippen LogP) is 2.10. The van der Waals surface area contributed by atoms with Gasteiger partial charge in [0.2, 0.25) is 5.91 Å². The Balaban J connectivity index is 1.59. The predicted molar refractivity (Wildman–Crippen MR) is 106 cm³/mol. The van der Waals surface area contributed by atoms with Gasteiger partial charge in [-0.3, -0.25) is 13.9 Å². The van der Waals surface area contributed by atoms with Crippen LogP contribution in [0.1, 0.15) is 12.5 Å². The number of nitrogens with zero attached hydrogens (tertiary/aromatic N) is 5. The first-order valence-electron chi connectivity index (χ1n) is 9.05. The van der Waals surface area contributed by atoms with Crippen LogP contribution in [0.4, 0.5) is 5.69 Å². The van der Waals surface area contributed by atoms with Crippen molar-refractivity contribution in [3.63, 3.8) is 0 Å². The molecule has 0 radical (unpaired) electrons. The summed E-state index contributed by atoms with van der Waals surface area (Å²) >= 11 is 0. The second-order valence-corrected chi connectivity index (χ2v) is 6.40. The number of aryl methyl sites for hydroxylation is 1. The zero-order valence-corrected chi connectivity index (χ0v) is 15.4. The second-order valence-electron chi connectivity index (χ2n) is 6.40. The van der Waals surface area contributed by atoms with E-state index >= 15 is 0 Å². The highest BCUT2D eigenvalue weighted by atomic mass is 16.2. The fourth-order valence-electron chi connectivity index (χ4n) is 3.33. The maximum atomic E-state index is 12.7. The second kappa shape index (κ2) is 7.51. The molecule has 0 spiro atoms. The average molecular weight is 376 g/mol.